The minimum Gasteiger partial charge on any atom is -0.381 e. The fraction of sp³-hybridized carbons (Fsp3) is 0.455. The van der Waals surface area contributed by atoms with Gasteiger partial charge in [-0.05, 0) is 25.0 Å². The summed E-state index contributed by atoms with van der Waals surface area (Å²) in [4.78, 5) is 15.7. The predicted octanol–water partition coefficient (Wildman–Crippen LogP) is 1.64. The van der Waals surface area contributed by atoms with Gasteiger partial charge in [-0.2, -0.15) is 0 Å². The molecule has 2 heterocycles. The molecule has 86 valence electrons. The number of hydrogen-bond donors (Lipinski definition) is 1. The molecular formula is C11H13ClN2O2. The normalized spacial score (nSPS) is 17.1. The average molecular weight is 241 g/mol. The Morgan fingerprint density at radius 1 is 1.44 bits per heavy atom. The van der Waals surface area contributed by atoms with Crippen molar-refractivity contribution in [3.63, 3.8) is 0 Å². The molecule has 2 rings (SSSR count). The summed E-state index contributed by atoms with van der Waals surface area (Å²) in [6.07, 6.45) is 3.22. The molecule has 16 heavy (non-hydrogen) atoms. The molecule has 0 unspecified atom stereocenters. The van der Waals surface area contributed by atoms with Crippen molar-refractivity contribution >= 4 is 17.5 Å². The van der Waals surface area contributed by atoms with Gasteiger partial charge in [0, 0.05) is 25.5 Å². The predicted molar refractivity (Wildman–Crippen MR) is 60.6 cm³/mol. The Bertz CT molecular complexity index is 361. The molecule has 1 aliphatic heterocycles. The van der Waals surface area contributed by atoms with Crippen LogP contribution < -0.4 is 5.32 Å². The van der Waals surface area contributed by atoms with E-state index >= 15 is 0 Å². The number of carbonyl (C=O) groups excluding carboxylic acids is 1. The highest BCUT2D eigenvalue weighted by atomic mass is 35.5. The molecule has 1 saturated heterocycles. The van der Waals surface area contributed by atoms with E-state index in [0.29, 0.717) is 23.9 Å². The molecule has 0 bridgehead atoms. The zero-order valence-electron chi connectivity index (χ0n) is 8.78. The fourth-order valence-corrected chi connectivity index (χ4v) is 1.73. The number of ether oxygens (including phenoxy) is 1. The summed E-state index contributed by atoms with van der Waals surface area (Å²) in [6.45, 7) is 1.42. The highest BCUT2D eigenvalue weighted by Crippen LogP contribution is 2.09. The minimum atomic E-state index is -0.101. The number of pyridine rings is 1. The lowest BCUT2D eigenvalue weighted by atomic mass is 10.1. The van der Waals surface area contributed by atoms with Crippen molar-refractivity contribution in [2.45, 2.75) is 18.9 Å². The van der Waals surface area contributed by atoms with Gasteiger partial charge >= 0.3 is 0 Å². The molecule has 1 aliphatic rings. The Kier molecular flexibility index (Phi) is 3.74. The number of rotatable bonds is 2. The first-order chi connectivity index (χ1) is 7.75. The van der Waals surface area contributed by atoms with Gasteiger partial charge in [0.2, 0.25) is 0 Å². The quantitative estimate of drug-likeness (QED) is 0.800. The van der Waals surface area contributed by atoms with Crippen molar-refractivity contribution in [3.8, 4) is 0 Å². The topological polar surface area (TPSA) is 51.2 Å². The van der Waals surface area contributed by atoms with Crippen molar-refractivity contribution < 1.29 is 9.53 Å². The van der Waals surface area contributed by atoms with Crippen LogP contribution >= 0.6 is 11.6 Å². The van der Waals surface area contributed by atoms with Crippen molar-refractivity contribution in [2.75, 3.05) is 13.2 Å². The molecule has 1 aromatic heterocycles. The molecule has 0 atom stereocenters. The summed E-state index contributed by atoms with van der Waals surface area (Å²) in [7, 11) is 0. The number of aromatic nitrogens is 1. The summed E-state index contributed by atoms with van der Waals surface area (Å²) >= 11 is 5.65. The fourth-order valence-electron chi connectivity index (χ4n) is 1.62. The zero-order chi connectivity index (χ0) is 11.4. The van der Waals surface area contributed by atoms with E-state index in [1.54, 1.807) is 12.1 Å². The second-order valence-electron chi connectivity index (χ2n) is 3.73. The van der Waals surface area contributed by atoms with Gasteiger partial charge in [-0.1, -0.05) is 11.6 Å². The Morgan fingerprint density at radius 3 is 2.81 bits per heavy atom. The standard InChI is InChI=1S/C11H13ClN2O2/c12-10-2-1-8(7-13-10)11(15)14-9-3-5-16-6-4-9/h1-2,7,9H,3-6H2,(H,14,15). The molecule has 1 aromatic rings. The minimum absolute atomic E-state index is 0.101. The van der Waals surface area contributed by atoms with Gasteiger partial charge in [0.1, 0.15) is 5.15 Å². The summed E-state index contributed by atoms with van der Waals surface area (Å²) in [5.41, 5.74) is 0.538. The Balaban J connectivity index is 1.94. The highest BCUT2D eigenvalue weighted by molar-refractivity contribution is 6.29. The summed E-state index contributed by atoms with van der Waals surface area (Å²) in [5.74, 6) is -0.101. The first-order valence-electron chi connectivity index (χ1n) is 5.26. The van der Waals surface area contributed by atoms with Gasteiger partial charge < -0.3 is 10.1 Å². The molecule has 1 fully saturated rings. The molecule has 5 heteroatoms. The van der Waals surface area contributed by atoms with Crippen LogP contribution in [0.4, 0.5) is 0 Å². The van der Waals surface area contributed by atoms with E-state index in [0.717, 1.165) is 12.8 Å². The van der Waals surface area contributed by atoms with E-state index in [-0.39, 0.29) is 11.9 Å². The van der Waals surface area contributed by atoms with E-state index in [2.05, 4.69) is 10.3 Å². The van der Waals surface area contributed by atoms with Crippen molar-refractivity contribution in [2.24, 2.45) is 0 Å². The van der Waals surface area contributed by atoms with Gasteiger partial charge in [-0.15, -0.1) is 0 Å². The molecule has 4 nitrogen and oxygen atoms in total. The van der Waals surface area contributed by atoms with E-state index in [9.17, 15) is 4.79 Å². The number of halogens is 1. The number of carbonyl (C=O) groups is 1. The van der Waals surface area contributed by atoms with Crippen LogP contribution in [0.5, 0.6) is 0 Å². The third-order valence-corrected chi connectivity index (χ3v) is 2.77. The van der Waals surface area contributed by atoms with Gasteiger partial charge in [0.05, 0.1) is 5.56 Å². The van der Waals surface area contributed by atoms with Crippen LogP contribution in [0.15, 0.2) is 18.3 Å². The molecule has 0 spiro atoms. The van der Waals surface area contributed by atoms with Crippen LogP contribution in [0.2, 0.25) is 5.15 Å². The highest BCUT2D eigenvalue weighted by Gasteiger charge is 2.16. The lowest BCUT2D eigenvalue weighted by molar-refractivity contribution is 0.0696. The van der Waals surface area contributed by atoms with Gasteiger partial charge in [0.15, 0.2) is 0 Å². The second kappa shape index (κ2) is 5.27. The number of nitrogens with one attached hydrogen (secondary N) is 1. The monoisotopic (exact) mass is 240 g/mol. The van der Waals surface area contributed by atoms with E-state index in [1.165, 1.54) is 6.20 Å². The molecule has 0 aromatic carbocycles. The number of nitrogens with zero attached hydrogens (tertiary/aromatic N) is 1. The second-order valence-corrected chi connectivity index (χ2v) is 4.12. The Hall–Kier alpha value is -1.13. The summed E-state index contributed by atoms with van der Waals surface area (Å²) in [5, 5.41) is 3.34. The lowest BCUT2D eigenvalue weighted by Crippen LogP contribution is -2.38. The first-order valence-corrected chi connectivity index (χ1v) is 5.63. The first kappa shape index (κ1) is 11.4. The Morgan fingerprint density at radius 2 is 2.19 bits per heavy atom. The van der Waals surface area contributed by atoms with Crippen LogP contribution in [0.3, 0.4) is 0 Å². The van der Waals surface area contributed by atoms with Crippen LogP contribution in [-0.2, 0) is 4.74 Å². The third kappa shape index (κ3) is 2.93. The average Bonchev–Trinajstić information content (AvgIpc) is 2.31. The van der Waals surface area contributed by atoms with E-state index in [1.807, 2.05) is 0 Å². The molecule has 0 saturated carbocycles. The maximum absolute atomic E-state index is 11.8. The zero-order valence-corrected chi connectivity index (χ0v) is 9.54. The van der Waals surface area contributed by atoms with Crippen molar-refractivity contribution in [1.29, 1.82) is 0 Å². The number of amides is 1. The van der Waals surface area contributed by atoms with Crippen molar-refractivity contribution in [3.05, 3.63) is 29.0 Å². The third-order valence-electron chi connectivity index (χ3n) is 2.55. The Labute approximate surface area is 99.0 Å². The maximum atomic E-state index is 11.8. The van der Waals surface area contributed by atoms with Crippen molar-refractivity contribution in [1.82, 2.24) is 10.3 Å². The maximum Gasteiger partial charge on any atom is 0.253 e. The molecule has 1 N–H and O–H groups in total. The molecular weight excluding hydrogens is 228 g/mol. The smallest absolute Gasteiger partial charge is 0.253 e. The van der Waals surface area contributed by atoms with E-state index < -0.39 is 0 Å². The summed E-state index contributed by atoms with van der Waals surface area (Å²) < 4.78 is 5.22. The van der Waals surface area contributed by atoms with Crippen LogP contribution in [0, 0.1) is 0 Å². The summed E-state index contributed by atoms with van der Waals surface area (Å²) in [6, 6.07) is 3.49. The lowest BCUT2D eigenvalue weighted by Gasteiger charge is -2.22. The van der Waals surface area contributed by atoms with E-state index in [4.69, 9.17) is 16.3 Å². The van der Waals surface area contributed by atoms with Crippen LogP contribution in [0.1, 0.15) is 23.2 Å². The van der Waals surface area contributed by atoms with Gasteiger partial charge in [0.25, 0.3) is 5.91 Å². The molecule has 1 amide bonds. The molecule has 0 aliphatic carbocycles. The van der Waals surface area contributed by atoms with Crippen LogP contribution in [0.25, 0.3) is 0 Å². The molecule has 0 radical (unpaired) electrons. The van der Waals surface area contributed by atoms with Gasteiger partial charge in [-0.25, -0.2) is 4.98 Å². The SMILES string of the molecule is O=C(NC1CCOCC1)c1ccc(Cl)nc1. The number of hydrogen-bond acceptors (Lipinski definition) is 3. The van der Waals surface area contributed by atoms with Gasteiger partial charge in [-0.3, -0.25) is 4.79 Å². The van der Waals surface area contributed by atoms with Crippen LogP contribution in [-0.4, -0.2) is 30.1 Å². The largest absolute Gasteiger partial charge is 0.381 e.